The van der Waals surface area contributed by atoms with E-state index in [1.807, 2.05) is 29.2 Å². The third-order valence-electron chi connectivity index (χ3n) is 6.82. The van der Waals surface area contributed by atoms with Gasteiger partial charge in [0.15, 0.2) is 0 Å². The van der Waals surface area contributed by atoms with Gasteiger partial charge in [0.1, 0.15) is 18.9 Å². The Morgan fingerprint density at radius 1 is 1.05 bits per heavy atom. The standard InChI is InChI=1S/C28H30F3N3O4/c1-2-4-25(35)32-26(36)17-34-16-23-22(27(34)37)5-3-6-24(23)38-18-20-9-7-19(8-10-20)15-33-13-11-21(12-14-33)28(29,30)31/h2-3,5-10,21H,1,4,11-18H2,(H,32,35,36). The largest absolute Gasteiger partial charge is 0.489 e. The number of piperidine rings is 1. The second-order valence-corrected chi connectivity index (χ2v) is 9.60. The van der Waals surface area contributed by atoms with Crippen molar-refractivity contribution in [1.29, 1.82) is 0 Å². The molecule has 0 bridgehead atoms. The van der Waals surface area contributed by atoms with Gasteiger partial charge in [-0.3, -0.25) is 24.6 Å². The summed E-state index contributed by atoms with van der Waals surface area (Å²) in [6.45, 7) is 5.12. The summed E-state index contributed by atoms with van der Waals surface area (Å²) in [4.78, 5) is 39.9. The van der Waals surface area contributed by atoms with Crippen molar-refractivity contribution >= 4 is 17.7 Å². The van der Waals surface area contributed by atoms with E-state index in [1.54, 1.807) is 18.2 Å². The van der Waals surface area contributed by atoms with Crippen LogP contribution in [-0.4, -0.2) is 53.3 Å². The van der Waals surface area contributed by atoms with E-state index in [-0.39, 0.29) is 44.9 Å². The quantitative estimate of drug-likeness (QED) is 0.493. The SMILES string of the molecule is C=CCC(=O)NC(=O)CN1Cc2c(OCc3ccc(CN4CCC(C(F)(F)F)CC4)cc3)cccc2C1=O. The van der Waals surface area contributed by atoms with Crippen molar-refractivity contribution in [1.82, 2.24) is 15.1 Å². The lowest BCUT2D eigenvalue weighted by Gasteiger charge is -2.32. The molecule has 0 saturated carbocycles. The maximum atomic E-state index is 12.9. The molecule has 0 spiro atoms. The average molecular weight is 530 g/mol. The summed E-state index contributed by atoms with van der Waals surface area (Å²) in [5, 5.41) is 2.23. The first-order valence-corrected chi connectivity index (χ1v) is 12.5. The number of ether oxygens (including phenoxy) is 1. The van der Waals surface area contributed by atoms with Crippen LogP contribution >= 0.6 is 0 Å². The summed E-state index contributed by atoms with van der Waals surface area (Å²) in [5.41, 5.74) is 3.06. The Labute approximate surface area is 219 Å². The third kappa shape index (κ3) is 6.80. The van der Waals surface area contributed by atoms with Gasteiger partial charge in [-0.1, -0.05) is 36.4 Å². The zero-order valence-corrected chi connectivity index (χ0v) is 20.9. The molecular formula is C28H30F3N3O4. The number of nitrogens with zero attached hydrogens (tertiary/aromatic N) is 2. The summed E-state index contributed by atoms with van der Waals surface area (Å²) < 4.78 is 44.7. The van der Waals surface area contributed by atoms with Gasteiger partial charge in [-0.15, -0.1) is 6.58 Å². The van der Waals surface area contributed by atoms with Crippen molar-refractivity contribution in [2.45, 2.75) is 45.1 Å². The second kappa shape index (κ2) is 11.8. The molecule has 0 aromatic heterocycles. The molecule has 2 aromatic carbocycles. The Hall–Kier alpha value is -3.66. The van der Waals surface area contributed by atoms with Gasteiger partial charge >= 0.3 is 6.18 Å². The van der Waals surface area contributed by atoms with Gasteiger partial charge in [-0.05, 0) is 49.2 Å². The van der Waals surface area contributed by atoms with Gasteiger partial charge in [0, 0.05) is 24.1 Å². The maximum Gasteiger partial charge on any atom is 0.391 e. The number of fused-ring (bicyclic) bond motifs is 1. The van der Waals surface area contributed by atoms with Crippen LogP contribution < -0.4 is 10.1 Å². The number of hydrogen-bond acceptors (Lipinski definition) is 5. The van der Waals surface area contributed by atoms with Crippen LogP contribution in [0.4, 0.5) is 13.2 Å². The van der Waals surface area contributed by atoms with Crippen LogP contribution in [0, 0.1) is 5.92 Å². The van der Waals surface area contributed by atoms with E-state index >= 15 is 0 Å². The molecule has 10 heteroatoms. The Morgan fingerprint density at radius 3 is 2.39 bits per heavy atom. The minimum atomic E-state index is -4.11. The Bertz CT molecular complexity index is 1190. The highest BCUT2D eigenvalue weighted by molar-refractivity contribution is 6.03. The Kier molecular flexibility index (Phi) is 8.51. The van der Waals surface area contributed by atoms with Crippen LogP contribution in [0.3, 0.4) is 0 Å². The molecule has 2 heterocycles. The minimum Gasteiger partial charge on any atom is -0.489 e. The third-order valence-corrected chi connectivity index (χ3v) is 6.82. The molecule has 1 saturated heterocycles. The van der Waals surface area contributed by atoms with Gasteiger partial charge in [0.2, 0.25) is 11.8 Å². The van der Waals surface area contributed by atoms with Crippen molar-refractivity contribution in [3.05, 3.63) is 77.4 Å². The van der Waals surface area contributed by atoms with Crippen molar-refractivity contribution in [3.8, 4) is 5.75 Å². The highest BCUT2D eigenvalue weighted by Crippen LogP contribution is 2.34. The minimum absolute atomic E-state index is 0.0134. The van der Waals surface area contributed by atoms with Crippen LogP contribution in [0.25, 0.3) is 0 Å². The number of likely N-dealkylation sites (tertiary alicyclic amines) is 1. The number of benzene rings is 2. The molecule has 1 fully saturated rings. The first-order valence-electron chi connectivity index (χ1n) is 12.5. The monoisotopic (exact) mass is 529 g/mol. The molecule has 3 amide bonds. The summed E-state index contributed by atoms with van der Waals surface area (Å²) >= 11 is 0. The number of alkyl halides is 3. The van der Waals surface area contributed by atoms with E-state index in [1.165, 1.54) is 11.0 Å². The number of rotatable bonds is 9. The molecule has 4 rings (SSSR count). The molecule has 202 valence electrons. The van der Waals surface area contributed by atoms with Gasteiger partial charge in [0.05, 0.1) is 12.5 Å². The van der Waals surface area contributed by atoms with E-state index in [9.17, 15) is 27.6 Å². The lowest BCUT2D eigenvalue weighted by atomic mass is 9.96. The summed E-state index contributed by atoms with van der Waals surface area (Å²) in [5.74, 6) is -2.01. The zero-order valence-electron chi connectivity index (χ0n) is 20.9. The summed E-state index contributed by atoms with van der Waals surface area (Å²) in [7, 11) is 0. The number of imide groups is 1. The number of carbonyl (C=O) groups is 3. The average Bonchev–Trinajstić information content (AvgIpc) is 3.19. The van der Waals surface area contributed by atoms with Crippen LogP contribution in [0.1, 0.15) is 46.3 Å². The molecule has 2 aromatic rings. The molecule has 0 radical (unpaired) electrons. The van der Waals surface area contributed by atoms with Crippen LogP contribution in [0.15, 0.2) is 55.1 Å². The molecule has 2 aliphatic heterocycles. The number of hydrogen-bond donors (Lipinski definition) is 1. The van der Waals surface area contributed by atoms with Crippen molar-refractivity contribution < 1.29 is 32.3 Å². The Balaban J connectivity index is 1.30. The molecule has 2 aliphatic rings. The zero-order chi connectivity index (χ0) is 27.3. The van der Waals surface area contributed by atoms with Gasteiger partial charge < -0.3 is 9.64 Å². The van der Waals surface area contributed by atoms with Gasteiger partial charge in [-0.25, -0.2) is 0 Å². The first kappa shape index (κ1) is 27.4. The fourth-order valence-electron chi connectivity index (χ4n) is 4.75. The van der Waals surface area contributed by atoms with Gasteiger partial charge in [-0.2, -0.15) is 13.2 Å². The molecular weight excluding hydrogens is 499 g/mol. The summed E-state index contributed by atoms with van der Waals surface area (Å²) in [6, 6.07) is 12.9. The number of halogens is 3. The van der Waals surface area contributed by atoms with E-state index in [0.717, 1.165) is 11.1 Å². The fraction of sp³-hybridized carbons (Fsp3) is 0.393. The number of carbonyl (C=O) groups excluding carboxylic acids is 3. The van der Waals surface area contributed by atoms with Crippen LogP contribution in [0.5, 0.6) is 5.75 Å². The van der Waals surface area contributed by atoms with E-state index < -0.39 is 23.9 Å². The molecule has 0 atom stereocenters. The van der Waals surface area contributed by atoms with E-state index in [4.69, 9.17) is 4.74 Å². The predicted octanol–water partition coefficient (Wildman–Crippen LogP) is 4.21. The molecule has 0 unspecified atom stereocenters. The highest BCUT2D eigenvalue weighted by atomic mass is 19.4. The van der Waals surface area contributed by atoms with E-state index in [2.05, 4.69) is 11.9 Å². The first-order chi connectivity index (χ1) is 18.1. The maximum absolute atomic E-state index is 12.9. The lowest BCUT2D eigenvalue weighted by Crippen LogP contribution is -2.39. The van der Waals surface area contributed by atoms with Crippen molar-refractivity contribution in [2.75, 3.05) is 19.6 Å². The number of amides is 3. The van der Waals surface area contributed by atoms with Crippen molar-refractivity contribution in [3.63, 3.8) is 0 Å². The fourth-order valence-corrected chi connectivity index (χ4v) is 4.75. The second-order valence-electron chi connectivity index (χ2n) is 9.60. The molecule has 38 heavy (non-hydrogen) atoms. The number of nitrogens with one attached hydrogen (secondary N) is 1. The lowest BCUT2D eigenvalue weighted by molar-refractivity contribution is -0.185. The van der Waals surface area contributed by atoms with Gasteiger partial charge in [0.25, 0.3) is 5.91 Å². The highest BCUT2D eigenvalue weighted by Gasteiger charge is 2.41. The molecule has 1 N–H and O–H groups in total. The van der Waals surface area contributed by atoms with Crippen molar-refractivity contribution in [2.24, 2.45) is 5.92 Å². The topological polar surface area (TPSA) is 79.0 Å². The van der Waals surface area contributed by atoms with E-state index in [0.29, 0.717) is 36.5 Å². The molecule has 0 aliphatic carbocycles. The normalized spacial score (nSPS) is 16.3. The van der Waals surface area contributed by atoms with Crippen LogP contribution in [0.2, 0.25) is 0 Å². The molecule has 7 nitrogen and oxygen atoms in total. The summed E-state index contributed by atoms with van der Waals surface area (Å²) in [6.07, 6.45) is -2.44. The smallest absolute Gasteiger partial charge is 0.391 e. The predicted molar refractivity (Wildman–Crippen MR) is 134 cm³/mol. The Morgan fingerprint density at radius 2 is 1.74 bits per heavy atom. The van der Waals surface area contributed by atoms with Crippen LogP contribution in [-0.2, 0) is 29.3 Å².